The zero-order valence-electron chi connectivity index (χ0n) is 13.0. The summed E-state index contributed by atoms with van der Waals surface area (Å²) in [7, 11) is 0. The summed E-state index contributed by atoms with van der Waals surface area (Å²) in [5.41, 5.74) is 0.134. The first-order valence-electron chi connectivity index (χ1n) is 6.97. The van der Waals surface area contributed by atoms with E-state index in [0.29, 0.717) is 22.8 Å². The Morgan fingerprint density at radius 3 is 2.48 bits per heavy atom. The van der Waals surface area contributed by atoms with Gasteiger partial charge >= 0.3 is 12.0 Å². The van der Waals surface area contributed by atoms with Crippen LogP contribution in [-0.4, -0.2) is 41.1 Å². The normalized spacial score (nSPS) is 20.3. The number of hydrogen-bond donors (Lipinski definition) is 2. The maximum atomic E-state index is 12.4. The minimum atomic E-state index is -1.29. The molecule has 1 aromatic rings. The molecular weight excluding hydrogens is 300 g/mol. The van der Waals surface area contributed by atoms with Gasteiger partial charge in [-0.2, -0.15) is 0 Å². The predicted molar refractivity (Wildman–Crippen MR) is 82.0 cm³/mol. The van der Waals surface area contributed by atoms with Crippen molar-refractivity contribution in [2.45, 2.75) is 19.4 Å². The van der Waals surface area contributed by atoms with Crippen LogP contribution in [-0.2, 0) is 15.1 Å². The number of imide groups is 1. The lowest BCUT2D eigenvalue weighted by Gasteiger charge is -2.22. The first-order valence-corrected chi connectivity index (χ1v) is 6.97. The number of urea groups is 1. The maximum absolute atomic E-state index is 12.4. The van der Waals surface area contributed by atoms with Crippen LogP contribution in [0.15, 0.2) is 36.4 Å². The van der Waals surface area contributed by atoms with E-state index in [2.05, 4.69) is 11.9 Å². The SMILES string of the molecule is C=C(C)COc1ccc(C2(C)NC(=O)N(CC(=O)O)C2=O)cc1. The fraction of sp³-hybridized carbons (Fsp3) is 0.312. The molecule has 3 amide bonds. The Balaban J connectivity index is 2.20. The highest BCUT2D eigenvalue weighted by molar-refractivity contribution is 6.08. The highest BCUT2D eigenvalue weighted by Gasteiger charge is 2.49. The summed E-state index contributed by atoms with van der Waals surface area (Å²) in [6, 6.07) is 5.97. The second kappa shape index (κ2) is 6.12. The van der Waals surface area contributed by atoms with Crippen molar-refractivity contribution in [3.05, 3.63) is 42.0 Å². The van der Waals surface area contributed by atoms with Gasteiger partial charge in [-0.15, -0.1) is 0 Å². The number of nitrogens with zero attached hydrogens (tertiary/aromatic N) is 1. The van der Waals surface area contributed by atoms with Gasteiger partial charge in [-0.05, 0) is 37.1 Å². The Morgan fingerprint density at radius 1 is 1.35 bits per heavy atom. The van der Waals surface area contributed by atoms with Crippen LogP contribution in [0.4, 0.5) is 4.79 Å². The van der Waals surface area contributed by atoms with E-state index in [1.54, 1.807) is 31.2 Å². The van der Waals surface area contributed by atoms with Crippen LogP contribution >= 0.6 is 0 Å². The lowest BCUT2D eigenvalue weighted by Crippen LogP contribution is -2.41. The summed E-state index contributed by atoms with van der Waals surface area (Å²) in [4.78, 5) is 35.7. The molecule has 0 spiro atoms. The number of rotatable bonds is 6. The second-order valence-corrected chi connectivity index (χ2v) is 5.61. The molecular formula is C16H18N2O5. The summed E-state index contributed by atoms with van der Waals surface area (Å²) in [5, 5.41) is 11.3. The zero-order valence-corrected chi connectivity index (χ0v) is 13.0. The summed E-state index contributed by atoms with van der Waals surface area (Å²) >= 11 is 0. The average Bonchev–Trinajstić information content (AvgIpc) is 2.70. The third-order valence-electron chi connectivity index (χ3n) is 3.49. The van der Waals surface area contributed by atoms with Crippen LogP contribution in [0, 0.1) is 0 Å². The Bertz CT molecular complexity index is 668. The number of nitrogens with one attached hydrogen (secondary N) is 1. The van der Waals surface area contributed by atoms with E-state index in [0.717, 1.165) is 5.57 Å². The molecule has 0 aliphatic carbocycles. The fourth-order valence-electron chi connectivity index (χ4n) is 2.26. The number of ether oxygens (including phenoxy) is 1. The highest BCUT2D eigenvalue weighted by atomic mass is 16.5. The largest absolute Gasteiger partial charge is 0.489 e. The molecule has 2 N–H and O–H groups in total. The van der Waals surface area contributed by atoms with E-state index in [4.69, 9.17) is 9.84 Å². The van der Waals surface area contributed by atoms with Gasteiger partial charge in [0.1, 0.15) is 24.4 Å². The lowest BCUT2D eigenvalue weighted by atomic mass is 9.92. The van der Waals surface area contributed by atoms with Gasteiger partial charge in [-0.3, -0.25) is 14.5 Å². The number of benzene rings is 1. The van der Waals surface area contributed by atoms with Crippen molar-refractivity contribution in [2.75, 3.05) is 13.2 Å². The van der Waals surface area contributed by atoms with Gasteiger partial charge in [0.05, 0.1) is 0 Å². The van der Waals surface area contributed by atoms with Crippen molar-refractivity contribution in [1.82, 2.24) is 10.2 Å². The summed E-state index contributed by atoms with van der Waals surface area (Å²) in [6.45, 7) is 6.85. The third-order valence-corrected chi connectivity index (χ3v) is 3.49. The second-order valence-electron chi connectivity index (χ2n) is 5.61. The third kappa shape index (κ3) is 3.33. The highest BCUT2D eigenvalue weighted by Crippen LogP contribution is 2.29. The van der Waals surface area contributed by atoms with E-state index < -0.39 is 30.0 Å². The van der Waals surface area contributed by atoms with Crippen molar-refractivity contribution in [1.29, 1.82) is 0 Å². The van der Waals surface area contributed by atoms with Crippen molar-refractivity contribution >= 4 is 17.9 Å². The fourth-order valence-corrected chi connectivity index (χ4v) is 2.26. The summed E-state index contributed by atoms with van der Waals surface area (Å²) in [6.07, 6.45) is 0. The van der Waals surface area contributed by atoms with Crippen molar-refractivity contribution < 1.29 is 24.2 Å². The first kappa shape index (κ1) is 16.5. The molecule has 1 saturated heterocycles. The molecule has 23 heavy (non-hydrogen) atoms. The van der Waals surface area contributed by atoms with E-state index in [1.165, 1.54) is 0 Å². The van der Waals surface area contributed by atoms with Gasteiger partial charge in [-0.25, -0.2) is 4.79 Å². The van der Waals surface area contributed by atoms with Crippen LogP contribution in [0.3, 0.4) is 0 Å². The Kier molecular flexibility index (Phi) is 4.40. The molecule has 7 heteroatoms. The first-order chi connectivity index (χ1) is 10.7. The molecule has 1 aliphatic rings. The number of amides is 3. The standard InChI is InChI=1S/C16H18N2O5/c1-10(2)9-23-12-6-4-11(5-7-12)16(3)14(21)18(8-13(19)20)15(22)17-16/h4-7H,1,8-9H2,2-3H3,(H,17,22)(H,19,20). The number of carboxylic acid groups (broad SMARTS) is 1. The smallest absolute Gasteiger partial charge is 0.325 e. The van der Waals surface area contributed by atoms with E-state index >= 15 is 0 Å². The molecule has 1 atom stereocenters. The Hall–Kier alpha value is -2.83. The quantitative estimate of drug-likeness (QED) is 0.612. The molecule has 1 unspecified atom stereocenters. The van der Waals surface area contributed by atoms with Gasteiger partial charge in [0.15, 0.2) is 0 Å². The Labute approximate surface area is 133 Å². The van der Waals surface area contributed by atoms with Gasteiger partial charge in [-0.1, -0.05) is 18.7 Å². The lowest BCUT2D eigenvalue weighted by molar-refractivity contribution is -0.142. The molecule has 7 nitrogen and oxygen atoms in total. The molecule has 1 fully saturated rings. The van der Waals surface area contributed by atoms with E-state index in [-0.39, 0.29) is 0 Å². The molecule has 1 aliphatic heterocycles. The van der Waals surface area contributed by atoms with Crippen molar-refractivity contribution in [3.8, 4) is 5.75 Å². The van der Waals surface area contributed by atoms with Crippen LogP contribution in [0.5, 0.6) is 5.75 Å². The molecule has 0 bridgehead atoms. The Morgan fingerprint density at radius 2 is 1.96 bits per heavy atom. The minimum Gasteiger partial charge on any atom is -0.489 e. The minimum absolute atomic E-state index is 0.388. The van der Waals surface area contributed by atoms with Crippen LogP contribution in [0.25, 0.3) is 0 Å². The van der Waals surface area contributed by atoms with Crippen LogP contribution < -0.4 is 10.1 Å². The monoisotopic (exact) mass is 318 g/mol. The van der Waals surface area contributed by atoms with E-state index in [1.807, 2.05) is 6.92 Å². The zero-order chi connectivity index (χ0) is 17.2. The number of carbonyl (C=O) groups excluding carboxylic acids is 2. The predicted octanol–water partition coefficient (Wildman–Crippen LogP) is 1.49. The van der Waals surface area contributed by atoms with Gasteiger partial charge < -0.3 is 15.2 Å². The maximum Gasteiger partial charge on any atom is 0.325 e. The molecule has 1 heterocycles. The summed E-state index contributed by atoms with van der Waals surface area (Å²) < 4.78 is 5.48. The van der Waals surface area contributed by atoms with Crippen molar-refractivity contribution in [2.24, 2.45) is 0 Å². The number of carboxylic acids is 1. The molecule has 0 saturated carbocycles. The van der Waals surface area contributed by atoms with Crippen LogP contribution in [0.1, 0.15) is 19.4 Å². The molecule has 2 rings (SSSR count). The topological polar surface area (TPSA) is 95.9 Å². The van der Waals surface area contributed by atoms with Gasteiger partial charge in [0, 0.05) is 0 Å². The van der Waals surface area contributed by atoms with E-state index in [9.17, 15) is 14.4 Å². The number of carbonyl (C=O) groups is 3. The molecule has 122 valence electrons. The number of aliphatic carboxylic acids is 1. The van der Waals surface area contributed by atoms with Gasteiger partial charge in [0.25, 0.3) is 5.91 Å². The number of hydrogen-bond acceptors (Lipinski definition) is 4. The van der Waals surface area contributed by atoms with Gasteiger partial charge in [0.2, 0.25) is 0 Å². The molecule has 0 radical (unpaired) electrons. The van der Waals surface area contributed by atoms with Crippen LogP contribution in [0.2, 0.25) is 0 Å². The average molecular weight is 318 g/mol. The summed E-state index contributed by atoms with van der Waals surface area (Å²) in [5.74, 6) is -1.23. The van der Waals surface area contributed by atoms with Crippen molar-refractivity contribution in [3.63, 3.8) is 0 Å². The molecule has 0 aromatic heterocycles. The molecule has 1 aromatic carbocycles.